The molecule has 1 rings (SSSR count). The van der Waals surface area contributed by atoms with Crippen LogP contribution in [0.2, 0.25) is 0 Å². The molecule has 94 valence electrons. The van der Waals surface area contributed by atoms with E-state index in [1.54, 1.807) is 0 Å². The average molecular weight is 235 g/mol. The second-order valence-corrected chi connectivity index (χ2v) is 4.84. The molecule has 0 saturated heterocycles. The molecule has 17 heavy (non-hydrogen) atoms. The van der Waals surface area contributed by atoms with Gasteiger partial charge in [-0.05, 0) is 49.4 Å². The Morgan fingerprint density at radius 2 is 1.82 bits per heavy atom. The Labute approximate surface area is 103 Å². The van der Waals surface area contributed by atoms with Crippen LogP contribution in [0.4, 0.5) is 5.69 Å². The summed E-state index contributed by atoms with van der Waals surface area (Å²) in [5.74, 6) is -0.607. The standard InChI is InChI=1S/C14H21NO2/c1-9(5-14(16)17)8-15-13-7-11(3)10(2)6-12(13)4/h6-7,9,15H,5,8H2,1-4H3,(H,16,17). The molecular formula is C14H21NO2. The van der Waals surface area contributed by atoms with E-state index < -0.39 is 5.97 Å². The summed E-state index contributed by atoms with van der Waals surface area (Å²) >= 11 is 0. The van der Waals surface area contributed by atoms with E-state index in [1.807, 2.05) is 6.92 Å². The Balaban J connectivity index is 2.63. The Morgan fingerprint density at radius 3 is 2.41 bits per heavy atom. The molecule has 0 aliphatic carbocycles. The lowest BCUT2D eigenvalue weighted by Crippen LogP contribution is -2.15. The van der Waals surface area contributed by atoms with Gasteiger partial charge >= 0.3 is 5.97 Å². The fourth-order valence-electron chi connectivity index (χ4n) is 1.81. The van der Waals surface area contributed by atoms with Gasteiger partial charge in [-0.25, -0.2) is 0 Å². The van der Waals surface area contributed by atoms with Gasteiger partial charge in [0.25, 0.3) is 0 Å². The molecular weight excluding hydrogens is 214 g/mol. The predicted molar refractivity (Wildman–Crippen MR) is 70.6 cm³/mol. The van der Waals surface area contributed by atoms with E-state index in [-0.39, 0.29) is 12.3 Å². The van der Waals surface area contributed by atoms with Crippen LogP contribution in [-0.4, -0.2) is 17.6 Å². The van der Waals surface area contributed by atoms with Gasteiger partial charge in [0.2, 0.25) is 0 Å². The van der Waals surface area contributed by atoms with E-state index >= 15 is 0 Å². The number of anilines is 1. The maximum absolute atomic E-state index is 10.6. The fourth-order valence-corrected chi connectivity index (χ4v) is 1.81. The second-order valence-electron chi connectivity index (χ2n) is 4.84. The van der Waals surface area contributed by atoms with Crippen LogP contribution in [0.1, 0.15) is 30.0 Å². The number of hydrogen-bond donors (Lipinski definition) is 2. The largest absolute Gasteiger partial charge is 0.481 e. The molecule has 1 aromatic rings. The number of aliphatic carboxylic acids is 1. The summed E-state index contributed by atoms with van der Waals surface area (Å²) in [6, 6.07) is 4.28. The molecule has 2 N–H and O–H groups in total. The minimum Gasteiger partial charge on any atom is -0.481 e. The van der Waals surface area contributed by atoms with Gasteiger partial charge in [-0.1, -0.05) is 13.0 Å². The monoisotopic (exact) mass is 235 g/mol. The first-order valence-electron chi connectivity index (χ1n) is 5.93. The Bertz CT molecular complexity index is 413. The fraction of sp³-hybridized carbons (Fsp3) is 0.500. The zero-order chi connectivity index (χ0) is 13.0. The molecule has 0 radical (unpaired) electrons. The van der Waals surface area contributed by atoms with E-state index in [4.69, 9.17) is 5.11 Å². The molecule has 0 amide bonds. The first-order valence-corrected chi connectivity index (χ1v) is 5.93. The van der Waals surface area contributed by atoms with Gasteiger partial charge in [0.05, 0.1) is 0 Å². The topological polar surface area (TPSA) is 49.3 Å². The highest BCUT2D eigenvalue weighted by Gasteiger charge is 2.08. The predicted octanol–water partition coefficient (Wildman–Crippen LogP) is 3.13. The summed E-state index contributed by atoms with van der Waals surface area (Å²) in [6.45, 7) is 8.88. The van der Waals surface area contributed by atoms with Gasteiger partial charge in [-0.3, -0.25) is 4.79 Å². The number of carboxylic acids is 1. The molecule has 0 aliphatic rings. The normalized spacial score (nSPS) is 12.2. The molecule has 0 aliphatic heterocycles. The highest BCUT2D eigenvalue weighted by molar-refractivity contribution is 5.67. The smallest absolute Gasteiger partial charge is 0.303 e. The van der Waals surface area contributed by atoms with E-state index in [9.17, 15) is 4.79 Å². The molecule has 3 nitrogen and oxygen atoms in total. The number of rotatable bonds is 5. The number of hydrogen-bond acceptors (Lipinski definition) is 2. The zero-order valence-electron chi connectivity index (χ0n) is 11.0. The Hall–Kier alpha value is -1.51. The van der Waals surface area contributed by atoms with Crippen molar-refractivity contribution < 1.29 is 9.90 Å². The third kappa shape index (κ3) is 4.10. The van der Waals surface area contributed by atoms with Crippen LogP contribution in [0.25, 0.3) is 0 Å². The van der Waals surface area contributed by atoms with Gasteiger partial charge < -0.3 is 10.4 Å². The minimum atomic E-state index is -0.740. The van der Waals surface area contributed by atoms with Gasteiger partial charge in [0, 0.05) is 18.7 Å². The molecule has 0 bridgehead atoms. The first kappa shape index (κ1) is 13.6. The van der Waals surface area contributed by atoms with Crippen molar-refractivity contribution in [1.82, 2.24) is 0 Å². The summed E-state index contributed by atoms with van der Waals surface area (Å²) < 4.78 is 0. The number of aryl methyl sites for hydroxylation is 3. The van der Waals surface area contributed by atoms with Crippen molar-refractivity contribution >= 4 is 11.7 Å². The number of carboxylic acid groups (broad SMARTS) is 1. The van der Waals surface area contributed by atoms with Crippen LogP contribution in [0.15, 0.2) is 12.1 Å². The van der Waals surface area contributed by atoms with Crippen LogP contribution in [0.3, 0.4) is 0 Å². The number of benzene rings is 1. The van der Waals surface area contributed by atoms with Gasteiger partial charge in [-0.2, -0.15) is 0 Å². The van der Waals surface area contributed by atoms with Crippen molar-refractivity contribution in [1.29, 1.82) is 0 Å². The molecule has 0 spiro atoms. The summed E-state index contributed by atoms with van der Waals surface area (Å²) in [4.78, 5) is 10.6. The van der Waals surface area contributed by atoms with Crippen molar-refractivity contribution in [3.63, 3.8) is 0 Å². The van der Waals surface area contributed by atoms with E-state index in [2.05, 4.69) is 38.2 Å². The van der Waals surface area contributed by atoms with Crippen LogP contribution < -0.4 is 5.32 Å². The van der Waals surface area contributed by atoms with Crippen LogP contribution >= 0.6 is 0 Å². The number of carbonyl (C=O) groups is 1. The Morgan fingerprint density at radius 1 is 1.24 bits per heavy atom. The maximum atomic E-state index is 10.6. The van der Waals surface area contributed by atoms with Gasteiger partial charge in [0.15, 0.2) is 0 Å². The number of nitrogens with one attached hydrogen (secondary N) is 1. The highest BCUT2D eigenvalue weighted by atomic mass is 16.4. The molecule has 1 unspecified atom stereocenters. The molecule has 0 aromatic heterocycles. The van der Waals surface area contributed by atoms with Crippen LogP contribution in [-0.2, 0) is 4.79 Å². The third-order valence-corrected chi connectivity index (χ3v) is 3.00. The van der Waals surface area contributed by atoms with Crippen molar-refractivity contribution in [2.75, 3.05) is 11.9 Å². The highest BCUT2D eigenvalue weighted by Crippen LogP contribution is 2.20. The van der Waals surface area contributed by atoms with Crippen molar-refractivity contribution in [3.8, 4) is 0 Å². The first-order chi connectivity index (χ1) is 7.90. The molecule has 0 fully saturated rings. The minimum absolute atomic E-state index is 0.133. The van der Waals surface area contributed by atoms with Crippen molar-refractivity contribution in [3.05, 3.63) is 28.8 Å². The zero-order valence-corrected chi connectivity index (χ0v) is 11.0. The van der Waals surface area contributed by atoms with E-state index in [0.29, 0.717) is 6.54 Å². The third-order valence-electron chi connectivity index (χ3n) is 3.00. The van der Waals surface area contributed by atoms with Crippen molar-refractivity contribution in [2.45, 2.75) is 34.1 Å². The maximum Gasteiger partial charge on any atom is 0.303 e. The molecule has 0 saturated carbocycles. The van der Waals surface area contributed by atoms with Crippen LogP contribution in [0, 0.1) is 26.7 Å². The quantitative estimate of drug-likeness (QED) is 0.824. The molecule has 0 heterocycles. The summed E-state index contributed by atoms with van der Waals surface area (Å²) in [5, 5.41) is 12.0. The molecule has 3 heteroatoms. The summed E-state index contributed by atoms with van der Waals surface area (Å²) in [7, 11) is 0. The van der Waals surface area contributed by atoms with Gasteiger partial charge in [0.1, 0.15) is 0 Å². The Kier molecular flexibility index (Phi) is 4.55. The lowest BCUT2D eigenvalue weighted by Gasteiger charge is -2.15. The van der Waals surface area contributed by atoms with Crippen molar-refractivity contribution in [2.24, 2.45) is 5.92 Å². The lowest BCUT2D eigenvalue weighted by molar-refractivity contribution is -0.137. The average Bonchev–Trinajstić information content (AvgIpc) is 2.20. The molecule has 1 atom stereocenters. The second kappa shape index (κ2) is 5.71. The SMILES string of the molecule is Cc1cc(C)c(NCC(C)CC(=O)O)cc1C. The lowest BCUT2D eigenvalue weighted by atomic mass is 10.0. The summed E-state index contributed by atoms with van der Waals surface area (Å²) in [6.07, 6.45) is 0.205. The summed E-state index contributed by atoms with van der Waals surface area (Å²) in [5.41, 5.74) is 4.84. The van der Waals surface area contributed by atoms with Crippen LogP contribution in [0.5, 0.6) is 0 Å². The van der Waals surface area contributed by atoms with Gasteiger partial charge in [-0.15, -0.1) is 0 Å². The van der Waals surface area contributed by atoms with E-state index in [0.717, 1.165) is 5.69 Å². The molecule has 1 aromatic carbocycles. The van der Waals surface area contributed by atoms with E-state index in [1.165, 1.54) is 16.7 Å².